The van der Waals surface area contributed by atoms with Gasteiger partial charge in [-0.3, -0.25) is 19.2 Å². The maximum absolute atomic E-state index is 12.4. The molecule has 0 aliphatic rings. The predicted molar refractivity (Wildman–Crippen MR) is 117 cm³/mol. The second-order valence-corrected chi connectivity index (χ2v) is 9.17. The van der Waals surface area contributed by atoms with Gasteiger partial charge in [0.1, 0.15) is 30.1 Å². The number of thioether (sulfide) groups is 1. The zero-order valence-corrected chi connectivity index (χ0v) is 18.9. The molecule has 0 unspecified atom stereocenters. The molecule has 0 heterocycles. The van der Waals surface area contributed by atoms with Gasteiger partial charge in [0.2, 0.25) is 11.8 Å². The van der Waals surface area contributed by atoms with E-state index in [1.807, 2.05) is 20.8 Å². The first-order chi connectivity index (χ1) is 14.7. The quantitative estimate of drug-likeness (QED) is 0.175. The molecule has 0 bridgehead atoms. The molecule has 0 aliphatic carbocycles. The molecule has 0 saturated heterocycles. The van der Waals surface area contributed by atoms with E-state index >= 15 is 0 Å². The summed E-state index contributed by atoms with van der Waals surface area (Å²) in [7, 11) is 0. The molecule has 32 heavy (non-hydrogen) atoms. The van der Waals surface area contributed by atoms with Gasteiger partial charge in [-0.2, -0.15) is 0 Å². The van der Waals surface area contributed by atoms with Gasteiger partial charge in [0.05, 0.1) is 4.90 Å². The Labute approximate surface area is 189 Å². The number of benzene rings is 1. The number of nitrogens with one attached hydrogen (secondary N) is 2. The third-order valence-corrected chi connectivity index (χ3v) is 5.49. The Hall–Kier alpha value is -2.99. The van der Waals surface area contributed by atoms with Crippen molar-refractivity contribution >= 4 is 35.5 Å². The lowest BCUT2D eigenvalue weighted by Crippen LogP contribution is -2.49. The van der Waals surface area contributed by atoms with E-state index in [0.717, 1.165) is 11.8 Å². The van der Waals surface area contributed by atoms with Gasteiger partial charge < -0.3 is 36.8 Å². The van der Waals surface area contributed by atoms with E-state index < -0.39 is 47.8 Å². The highest BCUT2D eigenvalue weighted by molar-refractivity contribution is 7.99. The lowest BCUT2D eigenvalue weighted by atomic mass is 9.86. The van der Waals surface area contributed by atoms with Gasteiger partial charge in [0.15, 0.2) is 0 Å². The molecule has 0 aliphatic heterocycles. The second kappa shape index (κ2) is 11.6. The van der Waals surface area contributed by atoms with E-state index in [1.54, 1.807) is 0 Å². The van der Waals surface area contributed by atoms with Crippen molar-refractivity contribution in [2.75, 3.05) is 12.3 Å². The van der Waals surface area contributed by atoms with Gasteiger partial charge in [-0.15, -0.1) is 11.8 Å². The minimum atomic E-state index is -1.27. The van der Waals surface area contributed by atoms with E-state index in [9.17, 15) is 29.4 Å². The summed E-state index contributed by atoms with van der Waals surface area (Å²) in [5.74, 6) is -4.22. The number of carbonyl (C=O) groups is 4. The fraction of sp³-hybridized carbons (Fsp3) is 0.500. The Balaban J connectivity index is 2.93. The molecule has 0 saturated carbocycles. The Morgan fingerprint density at radius 3 is 2.25 bits per heavy atom. The van der Waals surface area contributed by atoms with Crippen LogP contribution in [0.1, 0.15) is 39.2 Å². The molecule has 0 radical (unpaired) electrons. The van der Waals surface area contributed by atoms with Crippen LogP contribution in [-0.2, 0) is 24.6 Å². The number of nitrogens with two attached hydrogens (primary N) is 1. The van der Waals surface area contributed by atoms with Gasteiger partial charge in [0, 0.05) is 17.7 Å². The third-order valence-electron chi connectivity index (χ3n) is 4.36. The van der Waals surface area contributed by atoms with Crippen LogP contribution in [0.4, 0.5) is 0 Å². The number of hydrogen-bond acceptors (Lipinski definition) is 8. The van der Waals surface area contributed by atoms with Crippen molar-refractivity contribution in [1.29, 1.82) is 0 Å². The van der Waals surface area contributed by atoms with Gasteiger partial charge in [0.25, 0.3) is 0 Å². The maximum atomic E-state index is 12.4. The molecule has 0 fully saturated rings. The zero-order chi connectivity index (χ0) is 24.6. The summed E-state index contributed by atoms with van der Waals surface area (Å²) in [6.07, 6.45) is -0.409. The monoisotopic (exact) mass is 471 g/mol. The van der Waals surface area contributed by atoms with Crippen LogP contribution in [0.5, 0.6) is 11.5 Å². The van der Waals surface area contributed by atoms with Crippen molar-refractivity contribution in [1.82, 2.24) is 10.6 Å². The minimum Gasteiger partial charge on any atom is -0.508 e. The van der Waals surface area contributed by atoms with Gasteiger partial charge in [-0.05, 0) is 24.0 Å². The summed E-state index contributed by atoms with van der Waals surface area (Å²) in [6.45, 7) is 4.93. The van der Waals surface area contributed by atoms with Crippen LogP contribution in [0.25, 0.3) is 0 Å². The van der Waals surface area contributed by atoms with Crippen LogP contribution in [0.2, 0.25) is 0 Å². The molecule has 1 aromatic carbocycles. The number of aliphatic carboxylic acids is 2. The Bertz CT molecular complexity index is 869. The van der Waals surface area contributed by atoms with E-state index in [-0.39, 0.29) is 35.0 Å². The molecule has 11 nitrogen and oxygen atoms in total. The largest absolute Gasteiger partial charge is 0.508 e. The lowest BCUT2D eigenvalue weighted by molar-refractivity contribution is -0.139. The summed E-state index contributed by atoms with van der Waals surface area (Å²) >= 11 is 0.971. The average Bonchev–Trinajstić information content (AvgIpc) is 2.68. The van der Waals surface area contributed by atoms with Crippen LogP contribution in [0.15, 0.2) is 17.0 Å². The minimum absolute atomic E-state index is 0.0450. The SMILES string of the molecule is CC(C)(C)c1cc(O)c(SC[C@@H](NC(=O)CC[C@@H](N)C(=O)O)C(=O)NCC(=O)O)cc1O. The molecule has 178 valence electrons. The van der Waals surface area contributed by atoms with Crippen LogP contribution in [-0.4, -0.2) is 68.6 Å². The molecule has 2 atom stereocenters. The second-order valence-electron chi connectivity index (χ2n) is 8.11. The molecule has 2 amide bonds. The number of carbonyl (C=O) groups excluding carboxylic acids is 2. The first-order valence-corrected chi connectivity index (χ1v) is 10.7. The van der Waals surface area contributed by atoms with Crippen LogP contribution in [0.3, 0.4) is 0 Å². The summed E-state index contributed by atoms with van der Waals surface area (Å²) in [5.41, 5.74) is 5.47. The maximum Gasteiger partial charge on any atom is 0.322 e. The third kappa shape index (κ3) is 8.63. The van der Waals surface area contributed by atoms with Crippen molar-refractivity contribution in [2.24, 2.45) is 5.73 Å². The normalized spacial score (nSPS) is 13.1. The highest BCUT2D eigenvalue weighted by Crippen LogP contribution is 2.39. The molecule has 0 aromatic heterocycles. The fourth-order valence-electron chi connectivity index (χ4n) is 2.59. The molecule has 8 N–H and O–H groups in total. The van der Waals surface area contributed by atoms with Crippen LogP contribution in [0, 0.1) is 0 Å². The van der Waals surface area contributed by atoms with E-state index in [0.29, 0.717) is 5.56 Å². The number of rotatable bonds is 11. The van der Waals surface area contributed by atoms with Crippen molar-refractivity contribution in [3.8, 4) is 11.5 Å². The molecular weight excluding hydrogens is 442 g/mol. The molecule has 1 aromatic rings. The summed E-state index contributed by atoms with van der Waals surface area (Å²) in [6, 6.07) is 0.344. The molecule has 12 heteroatoms. The van der Waals surface area contributed by atoms with Crippen LogP contribution >= 0.6 is 11.8 Å². The predicted octanol–water partition coefficient (Wildman–Crippen LogP) is 0.365. The van der Waals surface area contributed by atoms with E-state index in [2.05, 4.69) is 10.6 Å². The van der Waals surface area contributed by atoms with Gasteiger partial charge in [-0.1, -0.05) is 20.8 Å². The average molecular weight is 472 g/mol. The highest BCUT2D eigenvalue weighted by atomic mass is 32.2. The zero-order valence-electron chi connectivity index (χ0n) is 18.0. The Morgan fingerprint density at radius 2 is 1.72 bits per heavy atom. The Morgan fingerprint density at radius 1 is 1.09 bits per heavy atom. The smallest absolute Gasteiger partial charge is 0.322 e. The van der Waals surface area contributed by atoms with E-state index in [4.69, 9.17) is 15.9 Å². The van der Waals surface area contributed by atoms with Crippen LogP contribution < -0.4 is 16.4 Å². The summed E-state index contributed by atoms with van der Waals surface area (Å²) in [5, 5.41) is 42.7. The molecule has 0 spiro atoms. The van der Waals surface area contributed by atoms with Crippen molar-refractivity contribution < 1.29 is 39.6 Å². The standard InChI is InChI=1S/C20H29N3O8S/c1-20(2,3)10-6-14(25)15(7-13(10)24)32-9-12(18(29)22-8-17(27)28)23-16(26)5-4-11(21)19(30)31/h6-7,11-12,24-25H,4-5,8-9,21H2,1-3H3,(H,22,29)(H,23,26)(H,27,28)(H,30,31)/t11-,12-/m1/s1. The number of phenols is 2. The van der Waals surface area contributed by atoms with Crippen molar-refractivity contribution in [2.45, 2.75) is 56.0 Å². The number of phenolic OH excluding ortho intramolecular Hbond substituents is 2. The highest BCUT2D eigenvalue weighted by Gasteiger charge is 2.25. The number of amides is 2. The first kappa shape index (κ1) is 27.0. The number of aromatic hydroxyl groups is 2. The number of carboxylic acids is 2. The molecular formula is C20H29N3O8S. The van der Waals surface area contributed by atoms with Gasteiger partial charge >= 0.3 is 11.9 Å². The molecule has 1 rings (SSSR count). The van der Waals surface area contributed by atoms with Gasteiger partial charge in [-0.25, -0.2) is 0 Å². The number of hydrogen-bond donors (Lipinski definition) is 7. The number of carboxylic acid groups (broad SMARTS) is 2. The van der Waals surface area contributed by atoms with Crippen molar-refractivity contribution in [3.05, 3.63) is 17.7 Å². The topological polar surface area (TPSA) is 199 Å². The van der Waals surface area contributed by atoms with E-state index in [1.165, 1.54) is 12.1 Å². The van der Waals surface area contributed by atoms with Crippen molar-refractivity contribution in [3.63, 3.8) is 0 Å². The Kier molecular flexibility index (Phi) is 9.79. The first-order valence-electron chi connectivity index (χ1n) is 9.68. The fourth-order valence-corrected chi connectivity index (χ4v) is 3.58. The summed E-state index contributed by atoms with van der Waals surface area (Å²) < 4.78 is 0. The lowest BCUT2D eigenvalue weighted by Gasteiger charge is -2.22. The summed E-state index contributed by atoms with van der Waals surface area (Å²) in [4.78, 5) is 46.3.